The first kappa shape index (κ1) is 12.9. The highest BCUT2D eigenvalue weighted by Gasteiger charge is 2.00. The summed E-state index contributed by atoms with van der Waals surface area (Å²) in [4.78, 5) is 8.65. The highest BCUT2D eigenvalue weighted by Crippen LogP contribution is 2.06. The van der Waals surface area contributed by atoms with E-state index in [9.17, 15) is 0 Å². The second-order valence-corrected chi connectivity index (χ2v) is 4.38. The number of nitrogens with one attached hydrogen (secondary N) is 1. The van der Waals surface area contributed by atoms with Gasteiger partial charge in [-0.05, 0) is 45.2 Å². The third-order valence-electron chi connectivity index (χ3n) is 2.54. The lowest BCUT2D eigenvalue weighted by molar-refractivity contribution is 0.529. The van der Waals surface area contributed by atoms with Crippen molar-refractivity contribution in [2.24, 2.45) is 11.7 Å². The Balaban J connectivity index is 2.32. The number of nitrogens with zero attached hydrogens (tertiary/aromatic N) is 2. The van der Waals surface area contributed by atoms with E-state index >= 15 is 0 Å². The number of anilines is 1. The van der Waals surface area contributed by atoms with E-state index in [-0.39, 0.29) is 0 Å². The van der Waals surface area contributed by atoms with Crippen molar-refractivity contribution in [2.45, 2.75) is 33.6 Å². The maximum absolute atomic E-state index is 5.56. The summed E-state index contributed by atoms with van der Waals surface area (Å²) < 4.78 is 0. The Kier molecular flexibility index (Phi) is 5.19. The van der Waals surface area contributed by atoms with Crippen molar-refractivity contribution in [3.63, 3.8) is 0 Å². The number of aryl methyl sites for hydroxylation is 2. The van der Waals surface area contributed by atoms with Crippen LogP contribution in [-0.2, 0) is 0 Å². The first-order valence-electron chi connectivity index (χ1n) is 5.88. The fourth-order valence-corrected chi connectivity index (χ4v) is 1.57. The molecule has 0 amide bonds. The van der Waals surface area contributed by atoms with Crippen LogP contribution in [-0.4, -0.2) is 23.1 Å². The Morgan fingerprint density at radius 3 is 2.50 bits per heavy atom. The van der Waals surface area contributed by atoms with Crippen LogP contribution < -0.4 is 11.1 Å². The molecule has 90 valence electrons. The Labute approximate surface area is 97.7 Å². The lowest BCUT2D eigenvalue weighted by Gasteiger charge is -2.09. The molecule has 16 heavy (non-hydrogen) atoms. The molecule has 0 fully saturated rings. The number of hydrogen-bond acceptors (Lipinski definition) is 4. The van der Waals surface area contributed by atoms with Gasteiger partial charge in [-0.2, -0.15) is 0 Å². The van der Waals surface area contributed by atoms with E-state index in [1.54, 1.807) is 0 Å². The zero-order valence-electron chi connectivity index (χ0n) is 10.5. The normalized spacial score (nSPS) is 12.5. The van der Waals surface area contributed by atoms with Crippen LogP contribution in [0, 0.1) is 19.8 Å². The van der Waals surface area contributed by atoms with E-state index in [1.165, 1.54) is 0 Å². The highest BCUT2D eigenvalue weighted by molar-refractivity contribution is 5.27. The van der Waals surface area contributed by atoms with Crippen LogP contribution in [0.25, 0.3) is 0 Å². The van der Waals surface area contributed by atoms with Gasteiger partial charge in [-0.25, -0.2) is 9.97 Å². The molecule has 0 aliphatic carbocycles. The molecule has 0 aliphatic heterocycles. The molecule has 0 aromatic carbocycles. The van der Waals surface area contributed by atoms with Gasteiger partial charge in [0.15, 0.2) is 0 Å². The molecule has 4 nitrogen and oxygen atoms in total. The number of nitrogens with two attached hydrogens (primary N) is 1. The summed E-state index contributed by atoms with van der Waals surface area (Å²) in [6.45, 7) is 7.81. The monoisotopic (exact) mass is 222 g/mol. The fraction of sp³-hybridized carbons (Fsp3) is 0.667. The second-order valence-electron chi connectivity index (χ2n) is 4.38. The van der Waals surface area contributed by atoms with E-state index in [2.05, 4.69) is 22.2 Å². The molecular formula is C12H22N4. The molecule has 0 spiro atoms. The van der Waals surface area contributed by atoms with Gasteiger partial charge in [-0.15, -0.1) is 0 Å². The zero-order chi connectivity index (χ0) is 12.0. The summed E-state index contributed by atoms with van der Waals surface area (Å²) in [7, 11) is 0. The Bertz CT molecular complexity index is 305. The third kappa shape index (κ3) is 4.57. The molecule has 3 N–H and O–H groups in total. The van der Waals surface area contributed by atoms with Crippen LogP contribution in [0.3, 0.4) is 0 Å². The zero-order valence-corrected chi connectivity index (χ0v) is 10.5. The maximum atomic E-state index is 5.56. The smallest absolute Gasteiger partial charge is 0.223 e. The summed E-state index contributed by atoms with van der Waals surface area (Å²) >= 11 is 0. The summed E-state index contributed by atoms with van der Waals surface area (Å²) in [5.41, 5.74) is 7.57. The van der Waals surface area contributed by atoms with Gasteiger partial charge in [0.1, 0.15) is 0 Å². The van der Waals surface area contributed by atoms with Crippen LogP contribution in [0.2, 0.25) is 0 Å². The van der Waals surface area contributed by atoms with Crippen LogP contribution in [0.1, 0.15) is 31.2 Å². The average Bonchev–Trinajstić information content (AvgIpc) is 2.22. The summed E-state index contributed by atoms with van der Waals surface area (Å²) in [5.74, 6) is 1.33. The topological polar surface area (TPSA) is 63.8 Å². The predicted molar refractivity (Wildman–Crippen MR) is 67.4 cm³/mol. The van der Waals surface area contributed by atoms with Gasteiger partial charge in [0.2, 0.25) is 5.95 Å². The van der Waals surface area contributed by atoms with Gasteiger partial charge in [-0.3, -0.25) is 0 Å². The number of rotatable bonds is 6. The van der Waals surface area contributed by atoms with Crippen molar-refractivity contribution < 1.29 is 0 Å². The number of aromatic nitrogens is 2. The van der Waals surface area contributed by atoms with E-state index in [0.29, 0.717) is 5.92 Å². The Morgan fingerprint density at radius 1 is 1.31 bits per heavy atom. The van der Waals surface area contributed by atoms with E-state index < -0.39 is 0 Å². The third-order valence-corrected chi connectivity index (χ3v) is 2.54. The van der Waals surface area contributed by atoms with Crippen molar-refractivity contribution in [1.29, 1.82) is 0 Å². The van der Waals surface area contributed by atoms with Gasteiger partial charge in [0.25, 0.3) is 0 Å². The molecule has 1 aromatic rings. The summed E-state index contributed by atoms with van der Waals surface area (Å²) in [6, 6.07) is 1.97. The van der Waals surface area contributed by atoms with Crippen LogP contribution in [0.5, 0.6) is 0 Å². The Hall–Kier alpha value is -1.16. The molecule has 1 atom stereocenters. The van der Waals surface area contributed by atoms with Crippen LogP contribution >= 0.6 is 0 Å². The van der Waals surface area contributed by atoms with Crippen LogP contribution in [0.4, 0.5) is 5.95 Å². The highest BCUT2D eigenvalue weighted by atomic mass is 15.1. The lowest BCUT2D eigenvalue weighted by atomic mass is 10.1. The molecule has 1 aromatic heterocycles. The van der Waals surface area contributed by atoms with Gasteiger partial charge in [0.05, 0.1) is 0 Å². The average molecular weight is 222 g/mol. The summed E-state index contributed by atoms with van der Waals surface area (Å²) in [5, 5.41) is 3.24. The van der Waals surface area contributed by atoms with Gasteiger partial charge in [-0.1, -0.05) is 6.92 Å². The molecular weight excluding hydrogens is 200 g/mol. The molecule has 0 radical (unpaired) electrons. The van der Waals surface area contributed by atoms with Crippen molar-refractivity contribution in [1.82, 2.24) is 9.97 Å². The minimum atomic E-state index is 0.599. The van der Waals surface area contributed by atoms with E-state index in [1.807, 2.05) is 19.9 Å². The molecule has 1 rings (SSSR count). The van der Waals surface area contributed by atoms with Crippen molar-refractivity contribution in [3.05, 3.63) is 17.5 Å². The van der Waals surface area contributed by atoms with E-state index in [4.69, 9.17) is 5.73 Å². The largest absolute Gasteiger partial charge is 0.354 e. The van der Waals surface area contributed by atoms with Crippen molar-refractivity contribution in [2.75, 3.05) is 18.4 Å². The van der Waals surface area contributed by atoms with Gasteiger partial charge in [0, 0.05) is 17.9 Å². The van der Waals surface area contributed by atoms with Crippen molar-refractivity contribution >= 4 is 5.95 Å². The molecule has 1 heterocycles. The predicted octanol–water partition coefficient (Wildman–Crippen LogP) is 1.88. The quantitative estimate of drug-likeness (QED) is 0.721. The molecule has 0 bridgehead atoms. The molecule has 1 unspecified atom stereocenters. The van der Waals surface area contributed by atoms with Gasteiger partial charge < -0.3 is 11.1 Å². The van der Waals surface area contributed by atoms with Gasteiger partial charge >= 0.3 is 0 Å². The maximum Gasteiger partial charge on any atom is 0.223 e. The summed E-state index contributed by atoms with van der Waals surface area (Å²) in [6.07, 6.45) is 2.25. The van der Waals surface area contributed by atoms with Crippen molar-refractivity contribution in [3.8, 4) is 0 Å². The molecule has 4 heteroatoms. The lowest BCUT2D eigenvalue weighted by Crippen LogP contribution is -2.13. The minimum absolute atomic E-state index is 0.599. The first-order valence-corrected chi connectivity index (χ1v) is 5.88. The van der Waals surface area contributed by atoms with E-state index in [0.717, 1.165) is 43.3 Å². The molecule has 0 saturated carbocycles. The number of hydrogen-bond donors (Lipinski definition) is 2. The fourth-order valence-electron chi connectivity index (χ4n) is 1.57. The first-order chi connectivity index (χ1) is 7.61. The van der Waals surface area contributed by atoms with Crippen LogP contribution in [0.15, 0.2) is 6.07 Å². The molecule has 0 aliphatic rings. The Morgan fingerprint density at radius 2 is 1.94 bits per heavy atom. The molecule has 0 saturated heterocycles. The SMILES string of the molecule is Cc1cc(C)nc(NCCCC(C)CN)n1. The second kappa shape index (κ2) is 6.43. The standard InChI is InChI=1S/C12H22N4/c1-9(8-13)5-4-6-14-12-15-10(2)7-11(3)16-12/h7,9H,4-6,8,13H2,1-3H3,(H,14,15,16). The minimum Gasteiger partial charge on any atom is -0.354 e.